The number of nitrogens with two attached hydrogens (primary N) is 2. The lowest BCUT2D eigenvalue weighted by Crippen LogP contribution is -1.88. The van der Waals surface area contributed by atoms with Gasteiger partial charge in [-0.2, -0.15) is 0 Å². The fraction of sp³-hybridized carbons (Fsp3) is 0. The van der Waals surface area contributed by atoms with E-state index in [9.17, 15) is 0 Å². The van der Waals surface area contributed by atoms with Gasteiger partial charge < -0.3 is 15.9 Å². The minimum absolute atomic E-state index is 0.517. The summed E-state index contributed by atoms with van der Waals surface area (Å²) in [6, 6.07) is 12.8. The molecule has 0 saturated heterocycles. The van der Waals surface area contributed by atoms with Crippen molar-refractivity contribution in [3.05, 3.63) is 42.5 Å². The topological polar surface area (TPSA) is 78.1 Å². The van der Waals surface area contributed by atoms with E-state index >= 15 is 0 Å². The molecule has 4 N–H and O–H groups in total. The van der Waals surface area contributed by atoms with Crippen LogP contribution in [0.5, 0.6) is 0 Å². The van der Waals surface area contributed by atoms with E-state index in [1.807, 2.05) is 30.3 Å². The molecular formula is C13H11N3O. The third kappa shape index (κ3) is 1.59. The average Bonchev–Trinajstić information content (AvgIpc) is 2.72. The van der Waals surface area contributed by atoms with Crippen molar-refractivity contribution < 1.29 is 4.42 Å². The summed E-state index contributed by atoms with van der Waals surface area (Å²) in [7, 11) is 0. The van der Waals surface area contributed by atoms with Crippen LogP contribution in [0.15, 0.2) is 46.9 Å². The maximum Gasteiger partial charge on any atom is 0.229 e. The summed E-state index contributed by atoms with van der Waals surface area (Å²) in [5.41, 5.74) is 15.1. The third-order valence-electron chi connectivity index (χ3n) is 2.60. The Morgan fingerprint density at radius 2 is 1.82 bits per heavy atom. The first-order valence-electron chi connectivity index (χ1n) is 5.25. The molecule has 0 aliphatic carbocycles. The SMILES string of the molecule is Nc1ccc2nc(-c3ccccc3N)oc2c1. The molecule has 17 heavy (non-hydrogen) atoms. The van der Waals surface area contributed by atoms with E-state index < -0.39 is 0 Å². The van der Waals surface area contributed by atoms with Gasteiger partial charge in [0.05, 0.1) is 5.56 Å². The molecule has 0 atom stereocenters. The molecule has 0 unspecified atom stereocenters. The van der Waals surface area contributed by atoms with Crippen LogP contribution in [-0.2, 0) is 0 Å². The molecule has 0 spiro atoms. The molecular weight excluding hydrogens is 214 g/mol. The van der Waals surface area contributed by atoms with Gasteiger partial charge in [-0.3, -0.25) is 0 Å². The average molecular weight is 225 g/mol. The van der Waals surface area contributed by atoms with Crippen LogP contribution in [0.25, 0.3) is 22.6 Å². The molecule has 0 fully saturated rings. The van der Waals surface area contributed by atoms with Gasteiger partial charge >= 0.3 is 0 Å². The summed E-state index contributed by atoms with van der Waals surface area (Å²) in [5.74, 6) is 0.517. The van der Waals surface area contributed by atoms with E-state index in [1.54, 1.807) is 12.1 Å². The summed E-state index contributed by atoms with van der Waals surface area (Å²) in [5, 5.41) is 0. The van der Waals surface area contributed by atoms with Crippen molar-refractivity contribution in [3.8, 4) is 11.5 Å². The van der Waals surface area contributed by atoms with Gasteiger partial charge in [-0.1, -0.05) is 12.1 Å². The first-order chi connectivity index (χ1) is 8.24. The zero-order valence-corrected chi connectivity index (χ0v) is 9.05. The van der Waals surface area contributed by atoms with E-state index in [4.69, 9.17) is 15.9 Å². The number of anilines is 2. The Balaban J connectivity index is 2.22. The van der Waals surface area contributed by atoms with Crippen LogP contribution in [-0.4, -0.2) is 4.98 Å². The lowest BCUT2D eigenvalue weighted by atomic mass is 10.2. The largest absolute Gasteiger partial charge is 0.436 e. The third-order valence-corrected chi connectivity index (χ3v) is 2.60. The van der Waals surface area contributed by atoms with Crippen LogP contribution in [0.3, 0.4) is 0 Å². The molecule has 1 aromatic heterocycles. The number of para-hydroxylation sites is 1. The maximum absolute atomic E-state index is 5.88. The highest BCUT2D eigenvalue weighted by atomic mass is 16.3. The maximum atomic E-state index is 5.88. The Morgan fingerprint density at radius 3 is 2.65 bits per heavy atom. The second kappa shape index (κ2) is 3.52. The van der Waals surface area contributed by atoms with Crippen LogP contribution in [0.2, 0.25) is 0 Å². The fourth-order valence-corrected chi connectivity index (χ4v) is 1.75. The molecule has 3 aromatic rings. The number of benzene rings is 2. The highest BCUT2D eigenvalue weighted by molar-refractivity contribution is 5.81. The molecule has 3 rings (SSSR count). The minimum atomic E-state index is 0.517. The number of fused-ring (bicyclic) bond motifs is 1. The van der Waals surface area contributed by atoms with Crippen LogP contribution >= 0.6 is 0 Å². The molecule has 0 aliphatic rings. The molecule has 4 heteroatoms. The zero-order valence-electron chi connectivity index (χ0n) is 9.05. The number of rotatable bonds is 1. The lowest BCUT2D eigenvalue weighted by molar-refractivity contribution is 0.620. The van der Waals surface area contributed by atoms with Gasteiger partial charge in [-0.05, 0) is 24.3 Å². The van der Waals surface area contributed by atoms with Gasteiger partial charge in [-0.25, -0.2) is 4.98 Å². The monoisotopic (exact) mass is 225 g/mol. The fourth-order valence-electron chi connectivity index (χ4n) is 1.75. The Kier molecular flexibility index (Phi) is 2.01. The Bertz CT molecular complexity index is 688. The van der Waals surface area contributed by atoms with E-state index in [-0.39, 0.29) is 0 Å². The highest BCUT2D eigenvalue weighted by Gasteiger charge is 2.10. The molecule has 0 radical (unpaired) electrons. The molecule has 4 nitrogen and oxygen atoms in total. The van der Waals surface area contributed by atoms with Crippen molar-refractivity contribution in [3.63, 3.8) is 0 Å². The summed E-state index contributed by atoms with van der Waals surface area (Å²) in [6.45, 7) is 0. The molecule has 0 aliphatic heterocycles. The van der Waals surface area contributed by atoms with Crippen molar-refractivity contribution in [1.82, 2.24) is 4.98 Å². The smallest absolute Gasteiger partial charge is 0.229 e. The van der Waals surface area contributed by atoms with Crippen molar-refractivity contribution in [2.75, 3.05) is 11.5 Å². The molecule has 0 amide bonds. The molecule has 0 bridgehead atoms. The van der Waals surface area contributed by atoms with Crippen molar-refractivity contribution in [1.29, 1.82) is 0 Å². The molecule has 1 heterocycles. The second-order valence-corrected chi connectivity index (χ2v) is 3.83. The van der Waals surface area contributed by atoms with Crippen LogP contribution < -0.4 is 11.5 Å². The van der Waals surface area contributed by atoms with Gasteiger partial charge in [-0.15, -0.1) is 0 Å². The van der Waals surface area contributed by atoms with Crippen molar-refractivity contribution in [2.45, 2.75) is 0 Å². The Labute approximate surface area is 97.9 Å². The number of nitrogen functional groups attached to an aromatic ring is 2. The van der Waals surface area contributed by atoms with Gasteiger partial charge in [0.1, 0.15) is 5.52 Å². The van der Waals surface area contributed by atoms with Crippen molar-refractivity contribution in [2.24, 2.45) is 0 Å². The van der Waals surface area contributed by atoms with Crippen LogP contribution in [0.1, 0.15) is 0 Å². The number of aromatic nitrogens is 1. The van der Waals surface area contributed by atoms with Gasteiger partial charge in [0.2, 0.25) is 5.89 Å². The Hall–Kier alpha value is -2.49. The number of hydrogen-bond acceptors (Lipinski definition) is 4. The van der Waals surface area contributed by atoms with Gasteiger partial charge in [0, 0.05) is 17.4 Å². The first-order valence-corrected chi connectivity index (χ1v) is 5.25. The highest BCUT2D eigenvalue weighted by Crippen LogP contribution is 2.28. The van der Waals surface area contributed by atoms with E-state index in [2.05, 4.69) is 4.98 Å². The first kappa shape index (κ1) is 9.72. The van der Waals surface area contributed by atoms with Crippen LogP contribution in [0, 0.1) is 0 Å². The quantitative estimate of drug-likeness (QED) is 0.624. The summed E-state index contributed by atoms with van der Waals surface area (Å²) >= 11 is 0. The van der Waals surface area contributed by atoms with Crippen molar-refractivity contribution >= 4 is 22.5 Å². The van der Waals surface area contributed by atoms with Gasteiger partial charge in [0.25, 0.3) is 0 Å². The summed E-state index contributed by atoms with van der Waals surface area (Å²) in [6.07, 6.45) is 0. The van der Waals surface area contributed by atoms with Crippen LogP contribution in [0.4, 0.5) is 11.4 Å². The summed E-state index contributed by atoms with van der Waals surface area (Å²) in [4.78, 5) is 4.38. The number of hydrogen-bond donors (Lipinski definition) is 2. The predicted octanol–water partition coefficient (Wildman–Crippen LogP) is 2.66. The van der Waals surface area contributed by atoms with Gasteiger partial charge in [0.15, 0.2) is 5.58 Å². The lowest BCUT2D eigenvalue weighted by Gasteiger charge is -1.98. The predicted molar refractivity (Wildman–Crippen MR) is 68.3 cm³/mol. The second-order valence-electron chi connectivity index (χ2n) is 3.83. The standard InChI is InChI=1S/C13H11N3O/c14-8-5-6-11-12(7-8)17-13(16-11)9-3-1-2-4-10(9)15/h1-7H,14-15H2. The normalized spacial score (nSPS) is 10.8. The minimum Gasteiger partial charge on any atom is -0.436 e. The molecule has 84 valence electrons. The zero-order chi connectivity index (χ0) is 11.8. The summed E-state index contributed by atoms with van der Waals surface area (Å²) < 4.78 is 5.64. The van der Waals surface area contributed by atoms with E-state index in [0.29, 0.717) is 22.8 Å². The van der Waals surface area contributed by atoms with E-state index in [0.717, 1.165) is 11.1 Å². The molecule has 0 saturated carbocycles. The Morgan fingerprint density at radius 1 is 1.00 bits per heavy atom. The number of oxazole rings is 1. The van der Waals surface area contributed by atoms with E-state index in [1.165, 1.54) is 0 Å². The number of nitrogens with zero attached hydrogens (tertiary/aromatic N) is 1. The molecule has 2 aromatic carbocycles.